The first-order valence-electron chi connectivity index (χ1n) is 5.96. The van der Waals surface area contributed by atoms with Crippen molar-refractivity contribution in [3.8, 4) is 0 Å². The van der Waals surface area contributed by atoms with E-state index in [0.29, 0.717) is 17.4 Å². The number of aliphatic hydroxyl groups is 1. The Morgan fingerprint density at radius 2 is 2.17 bits per heavy atom. The van der Waals surface area contributed by atoms with E-state index in [1.165, 1.54) is 6.07 Å². The summed E-state index contributed by atoms with van der Waals surface area (Å²) >= 11 is 0. The average molecular weight is 248 g/mol. The molecule has 0 aliphatic heterocycles. The smallest absolute Gasteiger partial charge is 0.132 e. The van der Waals surface area contributed by atoms with Gasteiger partial charge in [0.2, 0.25) is 0 Å². The molecule has 0 aliphatic rings. The largest absolute Gasteiger partial charge is 0.395 e. The van der Waals surface area contributed by atoms with Gasteiger partial charge in [0.15, 0.2) is 0 Å². The molecule has 0 radical (unpaired) electrons. The van der Waals surface area contributed by atoms with Crippen LogP contribution in [0.25, 0.3) is 10.9 Å². The van der Waals surface area contributed by atoms with Crippen LogP contribution in [0.4, 0.5) is 4.39 Å². The molecular weight excluding hydrogens is 231 g/mol. The molecule has 0 aliphatic carbocycles. The van der Waals surface area contributed by atoms with Crippen LogP contribution in [0.2, 0.25) is 0 Å². The topological polar surface area (TPSA) is 36.4 Å². The highest BCUT2D eigenvalue weighted by Gasteiger charge is 2.12. The minimum absolute atomic E-state index is 0.0637. The Morgan fingerprint density at radius 1 is 1.39 bits per heavy atom. The van der Waals surface area contributed by atoms with Gasteiger partial charge < -0.3 is 5.11 Å². The van der Waals surface area contributed by atoms with E-state index in [9.17, 15) is 4.39 Å². The Bertz CT molecular complexity index is 544. The van der Waals surface area contributed by atoms with Gasteiger partial charge in [-0.2, -0.15) is 0 Å². The van der Waals surface area contributed by atoms with Crippen molar-refractivity contribution >= 4 is 10.9 Å². The van der Waals surface area contributed by atoms with Crippen LogP contribution in [-0.2, 0) is 6.54 Å². The van der Waals surface area contributed by atoms with Gasteiger partial charge in [-0.3, -0.25) is 9.88 Å². The van der Waals surface area contributed by atoms with Crippen molar-refractivity contribution < 1.29 is 9.50 Å². The number of likely N-dealkylation sites (N-methyl/N-ethyl adjacent to an activating group) is 1. The molecule has 18 heavy (non-hydrogen) atoms. The molecule has 1 aromatic carbocycles. The van der Waals surface area contributed by atoms with Gasteiger partial charge in [-0.05, 0) is 37.7 Å². The van der Waals surface area contributed by atoms with E-state index in [0.717, 1.165) is 5.56 Å². The third kappa shape index (κ3) is 2.49. The fourth-order valence-corrected chi connectivity index (χ4v) is 1.89. The first-order chi connectivity index (χ1) is 8.63. The Labute approximate surface area is 106 Å². The molecular formula is C14H17FN2O. The molecule has 2 rings (SSSR count). The summed E-state index contributed by atoms with van der Waals surface area (Å²) in [6, 6.07) is 6.75. The molecule has 0 spiro atoms. The number of hydrogen-bond donors (Lipinski definition) is 1. The van der Waals surface area contributed by atoms with Crippen LogP contribution >= 0.6 is 0 Å². The molecule has 1 aromatic heterocycles. The van der Waals surface area contributed by atoms with Crippen molar-refractivity contribution in [2.75, 3.05) is 13.7 Å². The molecule has 1 heterocycles. The number of halogens is 1. The lowest BCUT2D eigenvalue weighted by Gasteiger charge is -2.23. The number of nitrogens with zero attached hydrogens (tertiary/aromatic N) is 2. The van der Waals surface area contributed by atoms with Crippen LogP contribution in [0.1, 0.15) is 12.5 Å². The third-order valence-corrected chi connectivity index (χ3v) is 3.24. The van der Waals surface area contributed by atoms with Gasteiger partial charge in [-0.15, -0.1) is 0 Å². The van der Waals surface area contributed by atoms with Crippen LogP contribution in [0.5, 0.6) is 0 Å². The van der Waals surface area contributed by atoms with E-state index >= 15 is 0 Å². The Hall–Kier alpha value is -1.52. The summed E-state index contributed by atoms with van der Waals surface area (Å²) in [5, 5.41) is 9.67. The summed E-state index contributed by atoms with van der Waals surface area (Å²) in [6.45, 7) is 2.68. The van der Waals surface area contributed by atoms with Gasteiger partial charge in [-0.1, -0.05) is 6.07 Å². The maximum absolute atomic E-state index is 13.6. The Morgan fingerprint density at radius 3 is 2.89 bits per heavy atom. The standard InChI is InChI=1S/C14H17FN2O/c1-10(9-18)17(2)8-11-5-6-13(15)12-4-3-7-16-14(11)12/h3-7,10,18H,8-9H2,1-2H3. The second-order valence-electron chi connectivity index (χ2n) is 4.55. The molecule has 1 unspecified atom stereocenters. The first-order valence-corrected chi connectivity index (χ1v) is 5.96. The van der Waals surface area contributed by atoms with E-state index in [1.807, 2.05) is 18.9 Å². The number of fused-ring (bicyclic) bond motifs is 1. The van der Waals surface area contributed by atoms with E-state index in [-0.39, 0.29) is 18.5 Å². The van der Waals surface area contributed by atoms with Gasteiger partial charge in [0.1, 0.15) is 5.82 Å². The van der Waals surface area contributed by atoms with Gasteiger partial charge >= 0.3 is 0 Å². The van der Waals surface area contributed by atoms with E-state index < -0.39 is 0 Å². The zero-order valence-corrected chi connectivity index (χ0v) is 10.6. The third-order valence-electron chi connectivity index (χ3n) is 3.24. The highest BCUT2D eigenvalue weighted by molar-refractivity contribution is 5.82. The zero-order chi connectivity index (χ0) is 13.1. The summed E-state index contributed by atoms with van der Waals surface area (Å²) < 4.78 is 13.6. The van der Waals surface area contributed by atoms with Crippen molar-refractivity contribution in [1.29, 1.82) is 0 Å². The zero-order valence-electron chi connectivity index (χ0n) is 10.6. The second kappa shape index (κ2) is 5.42. The lowest BCUT2D eigenvalue weighted by molar-refractivity contribution is 0.154. The fraction of sp³-hybridized carbons (Fsp3) is 0.357. The highest BCUT2D eigenvalue weighted by Crippen LogP contribution is 2.21. The molecule has 1 atom stereocenters. The first kappa shape index (κ1) is 12.9. The predicted octanol–water partition coefficient (Wildman–Crippen LogP) is 2.19. The molecule has 3 nitrogen and oxygen atoms in total. The van der Waals surface area contributed by atoms with Crippen molar-refractivity contribution in [2.45, 2.75) is 19.5 Å². The maximum Gasteiger partial charge on any atom is 0.132 e. The predicted molar refractivity (Wildman–Crippen MR) is 69.7 cm³/mol. The van der Waals surface area contributed by atoms with Crippen LogP contribution in [-0.4, -0.2) is 34.7 Å². The van der Waals surface area contributed by atoms with Crippen LogP contribution in [0, 0.1) is 5.82 Å². The summed E-state index contributed by atoms with van der Waals surface area (Å²) in [5.74, 6) is -0.250. The molecule has 96 valence electrons. The number of aromatic nitrogens is 1. The highest BCUT2D eigenvalue weighted by atomic mass is 19.1. The molecule has 0 fully saturated rings. The van der Waals surface area contributed by atoms with Crippen molar-refractivity contribution in [1.82, 2.24) is 9.88 Å². The summed E-state index contributed by atoms with van der Waals surface area (Å²) in [7, 11) is 1.93. The molecule has 1 N–H and O–H groups in total. The maximum atomic E-state index is 13.6. The van der Waals surface area contributed by atoms with Crippen molar-refractivity contribution in [2.24, 2.45) is 0 Å². The quantitative estimate of drug-likeness (QED) is 0.901. The van der Waals surface area contributed by atoms with Gasteiger partial charge in [0.25, 0.3) is 0 Å². The SMILES string of the molecule is CC(CO)N(C)Cc1ccc(F)c2cccnc12. The summed E-state index contributed by atoms with van der Waals surface area (Å²) in [6.07, 6.45) is 1.67. The summed E-state index contributed by atoms with van der Waals surface area (Å²) in [5.41, 5.74) is 1.66. The van der Waals surface area contributed by atoms with Crippen LogP contribution < -0.4 is 0 Å². The number of pyridine rings is 1. The molecule has 2 aromatic rings. The second-order valence-corrected chi connectivity index (χ2v) is 4.55. The molecule has 0 saturated carbocycles. The van der Waals surface area contributed by atoms with E-state index in [4.69, 9.17) is 5.11 Å². The monoisotopic (exact) mass is 248 g/mol. The summed E-state index contributed by atoms with van der Waals surface area (Å²) in [4.78, 5) is 6.27. The van der Waals surface area contributed by atoms with Crippen molar-refractivity contribution in [3.05, 3.63) is 41.8 Å². The Kier molecular flexibility index (Phi) is 3.89. The van der Waals surface area contributed by atoms with Gasteiger partial charge in [0, 0.05) is 24.2 Å². The fourth-order valence-electron chi connectivity index (χ4n) is 1.89. The molecule has 0 amide bonds. The van der Waals surface area contributed by atoms with E-state index in [1.54, 1.807) is 24.4 Å². The lowest BCUT2D eigenvalue weighted by atomic mass is 10.1. The number of aliphatic hydroxyl groups excluding tert-OH is 1. The number of benzene rings is 1. The average Bonchev–Trinajstić information content (AvgIpc) is 2.41. The van der Waals surface area contributed by atoms with Gasteiger partial charge in [-0.25, -0.2) is 4.39 Å². The van der Waals surface area contributed by atoms with Gasteiger partial charge in [0.05, 0.1) is 12.1 Å². The van der Waals surface area contributed by atoms with E-state index in [2.05, 4.69) is 4.98 Å². The molecule has 0 bridgehead atoms. The minimum Gasteiger partial charge on any atom is -0.395 e. The number of hydrogen-bond acceptors (Lipinski definition) is 3. The Balaban J connectivity index is 2.37. The lowest BCUT2D eigenvalue weighted by Crippen LogP contribution is -2.31. The minimum atomic E-state index is -0.250. The van der Waals surface area contributed by atoms with Crippen molar-refractivity contribution in [3.63, 3.8) is 0 Å². The number of rotatable bonds is 4. The van der Waals surface area contributed by atoms with Crippen LogP contribution in [0.15, 0.2) is 30.5 Å². The van der Waals surface area contributed by atoms with Crippen LogP contribution in [0.3, 0.4) is 0 Å². The molecule has 0 saturated heterocycles. The molecule has 4 heteroatoms. The normalized spacial score (nSPS) is 13.2.